The highest BCUT2D eigenvalue weighted by atomic mass is 16.5. The Morgan fingerprint density at radius 3 is 2.04 bits per heavy atom. The first-order valence-corrected chi connectivity index (χ1v) is 9.32. The maximum atomic E-state index is 13.4. The molecule has 0 saturated carbocycles. The van der Waals surface area contributed by atoms with Crippen molar-refractivity contribution in [2.75, 3.05) is 28.4 Å². The van der Waals surface area contributed by atoms with Crippen molar-refractivity contribution in [3.8, 4) is 23.0 Å². The summed E-state index contributed by atoms with van der Waals surface area (Å²) in [4.78, 5) is 13.4. The number of benzene rings is 2. The second kappa shape index (κ2) is 7.38. The van der Waals surface area contributed by atoms with E-state index in [9.17, 15) is 4.79 Å². The Morgan fingerprint density at radius 1 is 0.821 bits per heavy atom. The molecule has 0 fully saturated rings. The van der Waals surface area contributed by atoms with Crippen LogP contribution in [0.2, 0.25) is 0 Å². The molecule has 0 bridgehead atoms. The fourth-order valence-electron chi connectivity index (χ4n) is 4.55. The summed E-state index contributed by atoms with van der Waals surface area (Å²) in [6.07, 6.45) is 0. The number of fused-ring (bicyclic) bond motifs is 1. The Morgan fingerprint density at radius 2 is 1.46 bits per heavy atom. The van der Waals surface area contributed by atoms with E-state index in [0.717, 1.165) is 11.1 Å². The van der Waals surface area contributed by atoms with Crippen LogP contribution in [0.3, 0.4) is 0 Å². The van der Waals surface area contributed by atoms with Crippen LogP contribution in [0.15, 0.2) is 30.3 Å². The molecule has 2 aromatic carbocycles. The van der Waals surface area contributed by atoms with Crippen LogP contribution in [0.4, 0.5) is 0 Å². The smallest absolute Gasteiger partial charge is 0.170 e. The average Bonchev–Trinajstić information content (AvgIpc) is 2.70. The molecule has 3 rings (SSSR count). The molecule has 2 unspecified atom stereocenters. The predicted molar refractivity (Wildman–Crippen MR) is 108 cm³/mol. The Kier molecular flexibility index (Phi) is 5.28. The summed E-state index contributed by atoms with van der Waals surface area (Å²) in [6.45, 7) is 6.31. The number of rotatable bonds is 5. The number of ether oxygens (including phenoxy) is 4. The first-order chi connectivity index (χ1) is 13.3. The zero-order valence-electron chi connectivity index (χ0n) is 17.6. The standard InChI is InChI=1S/C23H28O5/c1-13-21(14-8-9-17(26-5)18(10-14)27-6)23(2,3)16-11-15(25-4)12-19(28-7)20(16)22(13)24/h8-13,21H,1-7H3. The van der Waals surface area contributed by atoms with E-state index in [2.05, 4.69) is 13.8 Å². The third-order valence-corrected chi connectivity index (χ3v) is 5.93. The minimum atomic E-state index is -0.329. The van der Waals surface area contributed by atoms with Crippen molar-refractivity contribution in [1.29, 1.82) is 0 Å². The summed E-state index contributed by atoms with van der Waals surface area (Å²) in [7, 11) is 6.43. The fourth-order valence-corrected chi connectivity index (χ4v) is 4.55. The van der Waals surface area contributed by atoms with Gasteiger partial charge in [0, 0.05) is 17.9 Å². The summed E-state index contributed by atoms with van der Waals surface area (Å²) in [5, 5.41) is 0. The molecule has 28 heavy (non-hydrogen) atoms. The molecular formula is C23H28O5. The lowest BCUT2D eigenvalue weighted by molar-refractivity contribution is 0.0855. The number of carbonyl (C=O) groups is 1. The highest BCUT2D eigenvalue weighted by Crippen LogP contribution is 2.53. The van der Waals surface area contributed by atoms with E-state index in [4.69, 9.17) is 18.9 Å². The predicted octanol–water partition coefficient (Wildman–Crippen LogP) is 4.61. The summed E-state index contributed by atoms with van der Waals surface area (Å²) >= 11 is 0. The second-order valence-electron chi connectivity index (χ2n) is 7.72. The molecule has 0 amide bonds. The van der Waals surface area contributed by atoms with Crippen LogP contribution in [-0.4, -0.2) is 34.2 Å². The summed E-state index contributed by atoms with van der Waals surface area (Å²) < 4.78 is 21.9. The minimum Gasteiger partial charge on any atom is -0.497 e. The molecule has 0 spiro atoms. The first kappa shape index (κ1) is 20.1. The highest BCUT2D eigenvalue weighted by molar-refractivity contribution is 6.04. The van der Waals surface area contributed by atoms with Gasteiger partial charge in [0.25, 0.3) is 0 Å². The third kappa shape index (κ3) is 2.99. The molecule has 1 aliphatic carbocycles. The van der Waals surface area contributed by atoms with Gasteiger partial charge in [-0.25, -0.2) is 0 Å². The van der Waals surface area contributed by atoms with E-state index < -0.39 is 0 Å². The van der Waals surface area contributed by atoms with Gasteiger partial charge in [0.15, 0.2) is 17.3 Å². The Hall–Kier alpha value is -2.69. The number of ketones is 1. The van der Waals surface area contributed by atoms with Gasteiger partial charge in [0.2, 0.25) is 0 Å². The lowest BCUT2D eigenvalue weighted by Gasteiger charge is -2.44. The van der Waals surface area contributed by atoms with Crippen molar-refractivity contribution in [1.82, 2.24) is 0 Å². The number of hydrogen-bond acceptors (Lipinski definition) is 5. The van der Waals surface area contributed by atoms with Crippen molar-refractivity contribution in [2.45, 2.75) is 32.1 Å². The SMILES string of the molecule is COc1cc(OC)c2c(c1)C(C)(C)C(c1ccc(OC)c(OC)c1)C(C)C2=O. The van der Waals surface area contributed by atoms with Crippen molar-refractivity contribution in [2.24, 2.45) is 5.92 Å². The molecule has 2 aromatic rings. The third-order valence-electron chi connectivity index (χ3n) is 5.93. The normalized spacial score (nSPS) is 20.3. The van der Waals surface area contributed by atoms with E-state index in [-0.39, 0.29) is 23.0 Å². The molecule has 1 aliphatic rings. The first-order valence-electron chi connectivity index (χ1n) is 9.32. The lowest BCUT2D eigenvalue weighted by Crippen LogP contribution is -2.41. The molecule has 0 N–H and O–H groups in total. The van der Waals surface area contributed by atoms with Gasteiger partial charge in [-0.3, -0.25) is 4.79 Å². The molecule has 2 atom stereocenters. The Balaban J connectivity index is 2.23. The van der Waals surface area contributed by atoms with E-state index in [1.807, 2.05) is 31.2 Å². The van der Waals surface area contributed by atoms with Gasteiger partial charge in [-0.2, -0.15) is 0 Å². The van der Waals surface area contributed by atoms with Gasteiger partial charge in [-0.15, -0.1) is 0 Å². The van der Waals surface area contributed by atoms with Crippen LogP contribution < -0.4 is 18.9 Å². The van der Waals surface area contributed by atoms with Crippen molar-refractivity contribution < 1.29 is 23.7 Å². The number of carbonyl (C=O) groups excluding carboxylic acids is 1. The van der Waals surface area contributed by atoms with Crippen LogP contribution in [0.5, 0.6) is 23.0 Å². The number of Topliss-reactive ketones (excluding diaryl/α,β-unsaturated/α-hetero) is 1. The van der Waals surface area contributed by atoms with Crippen LogP contribution >= 0.6 is 0 Å². The Bertz CT molecular complexity index is 900. The van der Waals surface area contributed by atoms with Crippen LogP contribution in [0.25, 0.3) is 0 Å². The van der Waals surface area contributed by atoms with E-state index in [1.165, 1.54) is 0 Å². The highest BCUT2D eigenvalue weighted by Gasteiger charge is 2.47. The average molecular weight is 384 g/mol. The largest absolute Gasteiger partial charge is 0.497 e. The summed E-state index contributed by atoms with van der Waals surface area (Å²) in [6, 6.07) is 9.60. The minimum absolute atomic E-state index is 0.0379. The van der Waals surface area contributed by atoms with Crippen LogP contribution in [0, 0.1) is 5.92 Å². The van der Waals surface area contributed by atoms with Gasteiger partial charge in [-0.1, -0.05) is 26.8 Å². The quantitative estimate of drug-likeness (QED) is 0.753. The fraction of sp³-hybridized carbons (Fsp3) is 0.435. The molecule has 0 saturated heterocycles. The number of hydrogen-bond donors (Lipinski definition) is 0. The van der Waals surface area contributed by atoms with Gasteiger partial charge >= 0.3 is 0 Å². The maximum Gasteiger partial charge on any atom is 0.170 e. The molecule has 150 valence electrons. The molecule has 0 heterocycles. The van der Waals surface area contributed by atoms with Crippen molar-refractivity contribution >= 4 is 5.78 Å². The van der Waals surface area contributed by atoms with Crippen LogP contribution in [0.1, 0.15) is 48.2 Å². The zero-order chi connectivity index (χ0) is 20.6. The zero-order valence-corrected chi connectivity index (χ0v) is 17.6. The molecular weight excluding hydrogens is 356 g/mol. The Labute approximate surface area is 166 Å². The van der Waals surface area contributed by atoms with Gasteiger partial charge in [0.1, 0.15) is 11.5 Å². The van der Waals surface area contributed by atoms with Gasteiger partial charge in [0.05, 0.1) is 34.0 Å². The van der Waals surface area contributed by atoms with Crippen molar-refractivity contribution in [3.05, 3.63) is 47.0 Å². The van der Waals surface area contributed by atoms with Gasteiger partial charge < -0.3 is 18.9 Å². The summed E-state index contributed by atoms with van der Waals surface area (Å²) in [5.41, 5.74) is 2.30. The van der Waals surface area contributed by atoms with Gasteiger partial charge in [-0.05, 0) is 34.7 Å². The topological polar surface area (TPSA) is 54.0 Å². The van der Waals surface area contributed by atoms with Crippen molar-refractivity contribution in [3.63, 3.8) is 0 Å². The van der Waals surface area contributed by atoms with E-state index in [1.54, 1.807) is 34.5 Å². The lowest BCUT2D eigenvalue weighted by atomic mass is 9.58. The number of methoxy groups -OCH3 is 4. The maximum absolute atomic E-state index is 13.4. The van der Waals surface area contributed by atoms with Crippen LogP contribution in [-0.2, 0) is 5.41 Å². The van der Waals surface area contributed by atoms with E-state index in [0.29, 0.717) is 28.6 Å². The van der Waals surface area contributed by atoms with E-state index >= 15 is 0 Å². The molecule has 0 aromatic heterocycles. The summed E-state index contributed by atoms with van der Waals surface area (Å²) in [5.74, 6) is 2.38. The molecule has 0 radical (unpaired) electrons. The molecule has 0 aliphatic heterocycles. The molecule has 5 nitrogen and oxygen atoms in total. The molecule has 5 heteroatoms. The monoisotopic (exact) mass is 384 g/mol. The second-order valence-corrected chi connectivity index (χ2v) is 7.72.